The number of carboxylic acids is 1. The van der Waals surface area contributed by atoms with Crippen LogP contribution in [0.1, 0.15) is 42.5 Å². The van der Waals surface area contributed by atoms with E-state index >= 15 is 0 Å². The molecule has 1 fully saturated rings. The van der Waals surface area contributed by atoms with Crippen LogP contribution in [0, 0.1) is 5.92 Å². The fourth-order valence-corrected chi connectivity index (χ4v) is 4.51. The number of rotatable bonds is 6. The Balaban J connectivity index is 2.13. The Hall–Kier alpha value is -1.77. The number of carboxylic acid groups (broad SMARTS) is 1. The summed E-state index contributed by atoms with van der Waals surface area (Å²) in [4.78, 5) is 13.4. The second-order valence-electron chi connectivity index (χ2n) is 7.40. The zero-order valence-electron chi connectivity index (χ0n) is 16.8. The van der Waals surface area contributed by atoms with Crippen LogP contribution in [0.2, 0.25) is 5.02 Å². The summed E-state index contributed by atoms with van der Waals surface area (Å²) in [7, 11) is 0. The summed E-state index contributed by atoms with van der Waals surface area (Å²) in [6.45, 7) is 3.04. The third-order valence-corrected chi connectivity index (χ3v) is 6.27. The lowest BCUT2D eigenvalue weighted by molar-refractivity contribution is -0.143. The molecular weight excluding hydrogens is 499 g/mol. The van der Waals surface area contributed by atoms with Crippen LogP contribution in [0.3, 0.4) is 0 Å². The normalized spacial score (nSPS) is 16.8. The average molecular weight is 521 g/mol. The van der Waals surface area contributed by atoms with Gasteiger partial charge in [-0.25, -0.2) is 0 Å². The van der Waals surface area contributed by atoms with Gasteiger partial charge in [-0.05, 0) is 74.8 Å². The lowest BCUT2D eigenvalue weighted by atomic mass is 9.90. The predicted molar refractivity (Wildman–Crippen MR) is 116 cm³/mol. The van der Waals surface area contributed by atoms with Gasteiger partial charge in [0.1, 0.15) is 5.75 Å². The molecule has 1 aliphatic heterocycles. The predicted octanol–water partition coefficient (Wildman–Crippen LogP) is 6.41. The van der Waals surface area contributed by atoms with E-state index in [1.165, 1.54) is 6.07 Å². The molecule has 3 rings (SSSR count). The molecular formula is C22H22BrClF3NO3. The number of alkyl halides is 3. The summed E-state index contributed by atoms with van der Waals surface area (Å²) in [5.41, 5.74) is 0.195. The van der Waals surface area contributed by atoms with E-state index < -0.39 is 29.7 Å². The molecule has 1 unspecified atom stereocenters. The maximum Gasteiger partial charge on any atom is 0.416 e. The molecule has 0 aromatic heterocycles. The summed E-state index contributed by atoms with van der Waals surface area (Å²) in [5.74, 6) is -0.780. The highest BCUT2D eigenvalue weighted by molar-refractivity contribution is 9.10. The Bertz CT molecular complexity index is 946. The highest BCUT2D eigenvalue weighted by Gasteiger charge is 2.36. The van der Waals surface area contributed by atoms with Crippen LogP contribution in [0.5, 0.6) is 5.75 Å². The number of benzene rings is 2. The van der Waals surface area contributed by atoms with Crippen LogP contribution in [-0.4, -0.2) is 35.7 Å². The minimum atomic E-state index is -4.51. The number of aliphatic carboxylic acids is 1. The highest BCUT2D eigenvalue weighted by atomic mass is 79.9. The Kier molecular flexibility index (Phi) is 7.55. The van der Waals surface area contributed by atoms with Gasteiger partial charge in [-0.1, -0.05) is 27.5 Å². The molecule has 0 aliphatic carbocycles. The summed E-state index contributed by atoms with van der Waals surface area (Å²) >= 11 is 9.86. The summed E-state index contributed by atoms with van der Waals surface area (Å²) in [6.07, 6.45) is -3.71. The minimum absolute atomic E-state index is 0.209. The maximum absolute atomic E-state index is 13.5. The number of likely N-dealkylation sites (tertiary alicyclic amines) is 1. The fraction of sp³-hybridized carbons (Fsp3) is 0.409. The van der Waals surface area contributed by atoms with Crippen molar-refractivity contribution in [3.05, 3.63) is 62.6 Å². The van der Waals surface area contributed by atoms with Gasteiger partial charge in [0.25, 0.3) is 0 Å². The van der Waals surface area contributed by atoms with Crippen LogP contribution < -0.4 is 4.74 Å². The van der Waals surface area contributed by atoms with Gasteiger partial charge in [0.2, 0.25) is 0 Å². The molecule has 1 atom stereocenters. The van der Waals surface area contributed by atoms with E-state index in [9.17, 15) is 23.1 Å². The topological polar surface area (TPSA) is 49.8 Å². The summed E-state index contributed by atoms with van der Waals surface area (Å²) < 4.78 is 46.9. The molecule has 168 valence electrons. The Labute approximate surface area is 192 Å². The van der Waals surface area contributed by atoms with Gasteiger partial charge in [-0.3, -0.25) is 9.69 Å². The first-order valence-corrected chi connectivity index (χ1v) is 11.0. The number of hydrogen-bond acceptors (Lipinski definition) is 3. The molecule has 0 saturated carbocycles. The van der Waals surface area contributed by atoms with Gasteiger partial charge in [0, 0.05) is 15.1 Å². The largest absolute Gasteiger partial charge is 0.494 e. The van der Waals surface area contributed by atoms with E-state index in [0.29, 0.717) is 49.4 Å². The van der Waals surface area contributed by atoms with Crippen molar-refractivity contribution in [1.82, 2.24) is 4.90 Å². The van der Waals surface area contributed by atoms with E-state index in [2.05, 4.69) is 15.9 Å². The molecule has 9 heteroatoms. The Morgan fingerprint density at radius 3 is 2.48 bits per heavy atom. The van der Waals surface area contributed by atoms with Gasteiger partial charge >= 0.3 is 12.1 Å². The van der Waals surface area contributed by atoms with Gasteiger partial charge in [0.15, 0.2) is 0 Å². The van der Waals surface area contributed by atoms with Crippen LogP contribution in [0.15, 0.2) is 40.9 Å². The number of ether oxygens (including phenoxy) is 1. The van der Waals surface area contributed by atoms with Crippen LogP contribution in [0.25, 0.3) is 0 Å². The average Bonchev–Trinajstić information content (AvgIpc) is 2.71. The molecule has 1 heterocycles. The van der Waals surface area contributed by atoms with E-state index in [4.69, 9.17) is 16.3 Å². The van der Waals surface area contributed by atoms with Crippen molar-refractivity contribution in [2.75, 3.05) is 19.7 Å². The second-order valence-corrected chi connectivity index (χ2v) is 8.72. The quantitative estimate of drug-likeness (QED) is 0.478. The molecule has 1 N–H and O–H groups in total. The van der Waals surface area contributed by atoms with E-state index in [0.717, 1.165) is 16.6 Å². The van der Waals surface area contributed by atoms with Gasteiger partial charge in [-0.15, -0.1) is 0 Å². The van der Waals surface area contributed by atoms with Crippen molar-refractivity contribution in [3.63, 3.8) is 0 Å². The van der Waals surface area contributed by atoms with Crippen molar-refractivity contribution in [3.8, 4) is 5.75 Å². The molecule has 0 bridgehead atoms. The molecule has 1 saturated heterocycles. The molecule has 31 heavy (non-hydrogen) atoms. The standard InChI is InChI=1S/C22H22BrClF3NO3/c1-2-31-19-6-4-15(23)12-17(19)20(28-9-7-13(8-10-28)21(29)30)16-11-14(22(25,26)27)3-5-18(16)24/h3-6,11-13,20H,2,7-10H2,1H3,(H,29,30). The zero-order valence-corrected chi connectivity index (χ0v) is 19.1. The van der Waals surface area contributed by atoms with Crippen LogP contribution >= 0.6 is 27.5 Å². The van der Waals surface area contributed by atoms with E-state index in [-0.39, 0.29) is 5.02 Å². The SMILES string of the molecule is CCOc1ccc(Br)cc1C(c1cc(C(F)(F)F)ccc1Cl)N1CCC(C(=O)O)CC1. The lowest BCUT2D eigenvalue weighted by Gasteiger charge is -2.38. The zero-order chi connectivity index (χ0) is 22.8. The number of carbonyl (C=O) groups is 1. The molecule has 0 radical (unpaired) electrons. The molecule has 0 spiro atoms. The highest BCUT2D eigenvalue weighted by Crippen LogP contribution is 2.43. The molecule has 0 amide bonds. The number of hydrogen-bond donors (Lipinski definition) is 1. The second kappa shape index (κ2) is 9.79. The van der Waals surface area contributed by atoms with Gasteiger partial charge in [-0.2, -0.15) is 13.2 Å². The molecule has 2 aromatic rings. The molecule has 2 aromatic carbocycles. The fourth-order valence-electron chi connectivity index (χ4n) is 3.92. The number of halogens is 5. The van der Waals surface area contributed by atoms with Crippen LogP contribution in [-0.2, 0) is 11.0 Å². The molecule has 4 nitrogen and oxygen atoms in total. The van der Waals surface area contributed by atoms with Crippen molar-refractivity contribution < 1.29 is 27.8 Å². The minimum Gasteiger partial charge on any atom is -0.494 e. The first-order valence-electron chi connectivity index (χ1n) is 9.87. The smallest absolute Gasteiger partial charge is 0.416 e. The number of piperidine rings is 1. The molecule has 1 aliphatic rings. The number of nitrogens with zero attached hydrogens (tertiary/aromatic N) is 1. The summed E-state index contributed by atoms with van der Waals surface area (Å²) in [6, 6.07) is 8.06. The first-order chi connectivity index (χ1) is 14.6. The van der Waals surface area contributed by atoms with E-state index in [1.54, 1.807) is 12.1 Å². The van der Waals surface area contributed by atoms with Crippen molar-refractivity contribution >= 4 is 33.5 Å². The monoisotopic (exact) mass is 519 g/mol. The van der Waals surface area contributed by atoms with Gasteiger partial charge in [0.05, 0.1) is 24.1 Å². The third-order valence-electron chi connectivity index (χ3n) is 5.43. The van der Waals surface area contributed by atoms with Crippen LogP contribution in [0.4, 0.5) is 13.2 Å². The first kappa shape index (κ1) is 23.9. The van der Waals surface area contributed by atoms with Gasteiger partial charge < -0.3 is 9.84 Å². The Morgan fingerprint density at radius 2 is 1.90 bits per heavy atom. The van der Waals surface area contributed by atoms with Crippen molar-refractivity contribution in [2.24, 2.45) is 5.92 Å². The van der Waals surface area contributed by atoms with Crippen molar-refractivity contribution in [1.29, 1.82) is 0 Å². The van der Waals surface area contributed by atoms with Crippen molar-refractivity contribution in [2.45, 2.75) is 32.0 Å². The van der Waals surface area contributed by atoms with E-state index in [1.807, 2.05) is 17.9 Å². The third kappa shape index (κ3) is 5.54. The Morgan fingerprint density at radius 1 is 1.23 bits per heavy atom. The maximum atomic E-state index is 13.5. The lowest BCUT2D eigenvalue weighted by Crippen LogP contribution is -2.39. The summed E-state index contributed by atoms with van der Waals surface area (Å²) in [5, 5.41) is 9.54.